The molecule has 0 unspecified atom stereocenters. The van der Waals surface area contributed by atoms with E-state index < -0.39 is 36.7 Å². The molecule has 1 aliphatic carbocycles. The van der Waals surface area contributed by atoms with Crippen LogP contribution in [-0.2, 0) is 0 Å². The lowest BCUT2D eigenvalue weighted by Gasteiger charge is -2.16. The predicted molar refractivity (Wildman–Crippen MR) is 127 cm³/mol. The van der Waals surface area contributed by atoms with Crippen LogP contribution in [0.1, 0.15) is 23.2 Å². The lowest BCUT2D eigenvalue weighted by molar-refractivity contribution is -0.0502. The van der Waals surface area contributed by atoms with E-state index in [-0.39, 0.29) is 17.7 Å². The van der Waals surface area contributed by atoms with Gasteiger partial charge in [0.1, 0.15) is 47.3 Å². The Labute approximate surface area is 210 Å². The number of methoxy groups -OCH3 is 1. The number of hydrogen-bond acceptors (Lipinski definition) is 6. The van der Waals surface area contributed by atoms with Gasteiger partial charge >= 0.3 is 6.61 Å². The number of furan rings is 1. The molecule has 1 aliphatic heterocycles. The van der Waals surface area contributed by atoms with Crippen molar-refractivity contribution in [2.45, 2.75) is 37.8 Å². The first-order valence-electron chi connectivity index (χ1n) is 11.9. The summed E-state index contributed by atoms with van der Waals surface area (Å²) in [6.45, 7) is -1.06. The third kappa shape index (κ3) is 5.61. The normalized spacial score (nSPS) is 21.4. The van der Waals surface area contributed by atoms with Gasteiger partial charge in [0.2, 0.25) is 0 Å². The molecule has 1 aromatic heterocycles. The molecule has 0 bridgehead atoms. The van der Waals surface area contributed by atoms with Crippen LogP contribution in [0.4, 0.5) is 17.6 Å². The Morgan fingerprint density at radius 3 is 2.68 bits per heavy atom. The summed E-state index contributed by atoms with van der Waals surface area (Å²) in [5, 5.41) is 3.14. The molecule has 7 nitrogen and oxygen atoms in total. The molecule has 2 aromatic carbocycles. The zero-order valence-corrected chi connectivity index (χ0v) is 20.0. The van der Waals surface area contributed by atoms with Crippen LogP contribution in [0.2, 0.25) is 0 Å². The molecule has 2 fully saturated rings. The Balaban J connectivity index is 1.39. The molecule has 0 spiro atoms. The van der Waals surface area contributed by atoms with Gasteiger partial charge in [-0.15, -0.1) is 0 Å². The first-order valence-corrected chi connectivity index (χ1v) is 11.9. The maximum absolute atomic E-state index is 13.3. The SMILES string of the molecule is COc1cc(-c2coc3cc(OCCN4CC[C@@H](F)C4)ccc23)cc(OC(F)F)c1C(=O)N[C@@H]1C[C@@H]1F. The molecule has 198 valence electrons. The van der Waals surface area contributed by atoms with E-state index in [1.54, 1.807) is 18.2 Å². The number of likely N-dealkylation sites (tertiary alicyclic amines) is 1. The summed E-state index contributed by atoms with van der Waals surface area (Å²) < 4.78 is 74.5. The van der Waals surface area contributed by atoms with Gasteiger partial charge in [0.15, 0.2) is 0 Å². The molecule has 1 saturated carbocycles. The molecule has 37 heavy (non-hydrogen) atoms. The number of amides is 1. The molecule has 3 aromatic rings. The van der Waals surface area contributed by atoms with Crippen molar-refractivity contribution >= 4 is 16.9 Å². The standard InChI is InChI=1S/C26H26F4N2O5/c1-34-22-8-14(9-23(37-26(29)30)24(22)25(33)31-20-11-19(20)28)18-13-36-21-10-16(2-3-17(18)21)35-7-6-32-5-4-15(27)12-32/h2-3,8-10,13,15,19-20,26H,4-7,11-12H2,1H3,(H,31,33)/t15-,19+,20-/m1/s1. The topological polar surface area (TPSA) is 73.2 Å². The second-order valence-corrected chi connectivity index (χ2v) is 9.10. The van der Waals surface area contributed by atoms with Gasteiger partial charge in [-0.1, -0.05) is 0 Å². The average molecular weight is 522 g/mol. The fourth-order valence-electron chi connectivity index (χ4n) is 4.48. The summed E-state index contributed by atoms with van der Waals surface area (Å²) >= 11 is 0. The molecule has 1 N–H and O–H groups in total. The van der Waals surface area contributed by atoms with Crippen molar-refractivity contribution < 1.29 is 41.0 Å². The molecular weight excluding hydrogens is 496 g/mol. The van der Waals surface area contributed by atoms with Gasteiger partial charge in [0.25, 0.3) is 5.91 Å². The Hall–Kier alpha value is -3.47. The number of nitrogens with zero attached hydrogens (tertiary/aromatic N) is 1. The maximum Gasteiger partial charge on any atom is 0.387 e. The van der Waals surface area contributed by atoms with Crippen LogP contribution in [-0.4, -0.2) is 69.2 Å². The monoisotopic (exact) mass is 522 g/mol. The number of carbonyl (C=O) groups is 1. The number of fused-ring (bicyclic) bond motifs is 1. The Morgan fingerprint density at radius 2 is 2.00 bits per heavy atom. The molecule has 5 rings (SSSR count). The first kappa shape index (κ1) is 25.2. The van der Waals surface area contributed by atoms with Gasteiger partial charge in [0.05, 0.1) is 19.4 Å². The first-order chi connectivity index (χ1) is 17.8. The number of nitrogens with one attached hydrogen (secondary N) is 1. The highest BCUT2D eigenvalue weighted by Crippen LogP contribution is 2.40. The summed E-state index contributed by atoms with van der Waals surface area (Å²) in [5.74, 6) is -0.598. The highest BCUT2D eigenvalue weighted by molar-refractivity contribution is 6.02. The van der Waals surface area contributed by atoms with Crippen LogP contribution >= 0.6 is 0 Å². The third-order valence-electron chi connectivity index (χ3n) is 6.51. The molecule has 1 saturated heterocycles. The fraction of sp³-hybridized carbons (Fsp3) is 0.423. The number of benzene rings is 2. The van der Waals surface area contributed by atoms with E-state index in [1.807, 2.05) is 4.90 Å². The van der Waals surface area contributed by atoms with Crippen LogP contribution in [0.15, 0.2) is 41.0 Å². The van der Waals surface area contributed by atoms with Crippen molar-refractivity contribution in [2.24, 2.45) is 0 Å². The molecule has 2 aliphatic rings. The summed E-state index contributed by atoms with van der Waals surface area (Å²) in [6, 6.07) is 7.37. The van der Waals surface area contributed by atoms with Crippen molar-refractivity contribution in [1.82, 2.24) is 10.2 Å². The number of ether oxygens (including phenoxy) is 3. The molecule has 11 heteroatoms. The van der Waals surface area contributed by atoms with Crippen molar-refractivity contribution in [3.63, 3.8) is 0 Å². The van der Waals surface area contributed by atoms with Gasteiger partial charge in [0, 0.05) is 43.1 Å². The summed E-state index contributed by atoms with van der Waals surface area (Å²) in [4.78, 5) is 14.7. The van der Waals surface area contributed by atoms with Crippen molar-refractivity contribution in [3.05, 3.63) is 42.2 Å². The van der Waals surface area contributed by atoms with Crippen molar-refractivity contribution in [2.75, 3.05) is 33.4 Å². The Bertz CT molecular complexity index is 1280. The van der Waals surface area contributed by atoms with Crippen molar-refractivity contribution in [1.29, 1.82) is 0 Å². The molecule has 1 amide bonds. The van der Waals surface area contributed by atoms with E-state index >= 15 is 0 Å². The van der Waals surface area contributed by atoms with E-state index in [4.69, 9.17) is 13.9 Å². The minimum Gasteiger partial charge on any atom is -0.496 e. The van der Waals surface area contributed by atoms with Crippen LogP contribution < -0.4 is 19.5 Å². The second-order valence-electron chi connectivity index (χ2n) is 9.10. The molecule has 2 heterocycles. The Kier molecular flexibility index (Phi) is 7.14. The highest BCUT2D eigenvalue weighted by Gasteiger charge is 2.40. The number of rotatable bonds is 10. The molecule has 0 radical (unpaired) electrons. The summed E-state index contributed by atoms with van der Waals surface area (Å²) in [5.41, 5.74) is 1.23. The quantitative estimate of drug-likeness (QED) is 0.379. The van der Waals surface area contributed by atoms with E-state index in [9.17, 15) is 22.4 Å². The lowest BCUT2D eigenvalue weighted by Crippen LogP contribution is -2.28. The lowest BCUT2D eigenvalue weighted by atomic mass is 10.0. The van der Waals surface area contributed by atoms with Gasteiger partial charge in [-0.2, -0.15) is 8.78 Å². The zero-order valence-electron chi connectivity index (χ0n) is 20.0. The number of halogens is 4. The van der Waals surface area contributed by atoms with Crippen LogP contribution in [0.25, 0.3) is 22.1 Å². The minimum atomic E-state index is -3.20. The van der Waals surface area contributed by atoms with Crippen LogP contribution in [0.5, 0.6) is 17.2 Å². The van der Waals surface area contributed by atoms with Gasteiger partial charge in [-0.05, 0) is 36.2 Å². The summed E-state index contributed by atoms with van der Waals surface area (Å²) in [6.07, 6.45) is 0.217. The molecular formula is C26H26F4N2O5. The predicted octanol–water partition coefficient (Wildman–Crippen LogP) is 4.97. The van der Waals surface area contributed by atoms with Crippen LogP contribution in [0, 0.1) is 0 Å². The highest BCUT2D eigenvalue weighted by atomic mass is 19.3. The van der Waals surface area contributed by atoms with E-state index in [0.717, 1.165) is 0 Å². The molecule has 3 atom stereocenters. The smallest absolute Gasteiger partial charge is 0.387 e. The second kappa shape index (κ2) is 10.5. The van der Waals surface area contributed by atoms with Gasteiger partial charge in [-0.3, -0.25) is 9.69 Å². The summed E-state index contributed by atoms with van der Waals surface area (Å²) in [7, 11) is 1.30. The minimum absolute atomic E-state index is 0.00607. The van der Waals surface area contributed by atoms with E-state index in [0.29, 0.717) is 60.5 Å². The number of alkyl halides is 4. The van der Waals surface area contributed by atoms with Gasteiger partial charge < -0.3 is 23.9 Å². The fourth-order valence-corrected chi connectivity index (χ4v) is 4.48. The van der Waals surface area contributed by atoms with E-state index in [1.165, 1.54) is 25.5 Å². The Morgan fingerprint density at radius 1 is 1.22 bits per heavy atom. The average Bonchev–Trinajstić information content (AvgIpc) is 3.20. The van der Waals surface area contributed by atoms with Crippen LogP contribution in [0.3, 0.4) is 0 Å². The number of hydrogen-bond donors (Lipinski definition) is 1. The third-order valence-corrected chi connectivity index (χ3v) is 6.51. The maximum atomic E-state index is 13.3. The number of carbonyl (C=O) groups excluding carboxylic acids is 1. The zero-order chi connectivity index (χ0) is 26.1. The largest absolute Gasteiger partial charge is 0.496 e. The van der Waals surface area contributed by atoms with E-state index in [2.05, 4.69) is 10.1 Å². The van der Waals surface area contributed by atoms with Gasteiger partial charge in [-0.25, -0.2) is 8.78 Å². The van der Waals surface area contributed by atoms with Crippen molar-refractivity contribution in [3.8, 4) is 28.4 Å².